The van der Waals surface area contributed by atoms with Crippen LogP contribution in [0, 0.1) is 11.8 Å². The molecule has 3 heterocycles. The van der Waals surface area contributed by atoms with E-state index in [1.165, 1.54) is 4.90 Å². The first-order valence-electron chi connectivity index (χ1n) is 10.8. The fraction of sp³-hybridized carbons (Fsp3) is 0.375. The summed E-state index contributed by atoms with van der Waals surface area (Å²) in [4.78, 5) is 42.0. The number of hydrogen-bond acceptors (Lipinski definition) is 5. The van der Waals surface area contributed by atoms with Gasteiger partial charge in [0.05, 0.1) is 11.8 Å². The average molecular weight is 454 g/mol. The monoisotopic (exact) mass is 453 g/mol. The second-order valence-electron chi connectivity index (χ2n) is 8.88. The van der Waals surface area contributed by atoms with E-state index >= 15 is 0 Å². The van der Waals surface area contributed by atoms with Gasteiger partial charge in [-0.3, -0.25) is 24.6 Å². The Morgan fingerprint density at radius 1 is 1.12 bits per heavy atom. The van der Waals surface area contributed by atoms with Gasteiger partial charge in [-0.25, -0.2) is 0 Å². The number of likely N-dealkylation sites (tertiary alicyclic amines) is 1. The molecule has 2 aromatic carbocycles. The van der Waals surface area contributed by atoms with Gasteiger partial charge in [-0.1, -0.05) is 30.7 Å². The van der Waals surface area contributed by atoms with Crippen molar-refractivity contribution in [2.45, 2.75) is 44.3 Å². The summed E-state index contributed by atoms with van der Waals surface area (Å²) >= 11 is 6.27. The van der Waals surface area contributed by atoms with Gasteiger partial charge in [0.1, 0.15) is 11.3 Å². The van der Waals surface area contributed by atoms with Gasteiger partial charge in [0.15, 0.2) is 0 Å². The van der Waals surface area contributed by atoms with Crippen molar-refractivity contribution in [3.63, 3.8) is 0 Å². The molecule has 2 saturated heterocycles. The number of rotatable bonds is 4. The summed E-state index contributed by atoms with van der Waals surface area (Å²) in [6, 6.07) is 11.2. The Morgan fingerprint density at radius 2 is 1.84 bits per heavy atom. The van der Waals surface area contributed by atoms with Gasteiger partial charge in [0, 0.05) is 28.4 Å². The molecule has 8 heteroatoms. The van der Waals surface area contributed by atoms with E-state index in [0.29, 0.717) is 29.1 Å². The Hall–Kier alpha value is -2.90. The lowest BCUT2D eigenvalue weighted by Gasteiger charge is -2.31. The second-order valence-corrected chi connectivity index (χ2v) is 9.32. The highest BCUT2D eigenvalue weighted by molar-refractivity contribution is 6.31. The summed E-state index contributed by atoms with van der Waals surface area (Å²) in [6.45, 7) is 3.78. The highest BCUT2D eigenvalue weighted by Crippen LogP contribution is 2.54. The lowest BCUT2D eigenvalue weighted by molar-refractivity contribution is -0.145. The van der Waals surface area contributed by atoms with Crippen molar-refractivity contribution >= 4 is 35.0 Å². The lowest BCUT2D eigenvalue weighted by atomic mass is 9.76. The molecule has 0 saturated carbocycles. The van der Waals surface area contributed by atoms with E-state index in [0.717, 1.165) is 5.56 Å². The van der Waals surface area contributed by atoms with Gasteiger partial charge in [0.2, 0.25) is 17.7 Å². The van der Waals surface area contributed by atoms with Crippen molar-refractivity contribution in [1.29, 1.82) is 0 Å². The quantitative estimate of drug-likeness (QED) is 0.618. The smallest absolute Gasteiger partial charge is 0.250 e. The molecule has 5 atom stereocenters. The predicted octanol–water partition coefficient (Wildman–Crippen LogP) is 2.81. The minimum Gasteiger partial charge on any atom is -0.508 e. The molecule has 3 aliphatic rings. The van der Waals surface area contributed by atoms with Crippen LogP contribution >= 0.6 is 11.6 Å². The number of carbonyl (C=O) groups excluding carboxylic acids is 3. The zero-order valence-corrected chi connectivity index (χ0v) is 18.5. The molecule has 2 aromatic rings. The summed E-state index contributed by atoms with van der Waals surface area (Å²) in [6.07, 6.45) is 1.06. The summed E-state index contributed by atoms with van der Waals surface area (Å²) in [7, 11) is 0. The molecule has 5 rings (SSSR count). The maximum absolute atomic E-state index is 13.7. The van der Waals surface area contributed by atoms with E-state index in [1.54, 1.807) is 42.5 Å². The maximum atomic E-state index is 13.7. The van der Waals surface area contributed by atoms with Crippen LogP contribution in [0.25, 0.3) is 0 Å². The standard InChI is InChI=1S/C24H24ClN3O4/c1-3-12(2)28-21(30)19-18(10-13-4-7-15(29)8-5-13)27-24(20(19)22(28)31)16-11-14(25)6-9-17(16)26-23(24)32/h4-9,11-12,18-20,27,29H,3,10H2,1-2H3,(H,26,32)/t12-,18-,19+,20-,24+/m0/s1. The Bertz CT molecular complexity index is 1130. The van der Waals surface area contributed by atoms with Gasteiger partial charge in [-0.15, -0.1) is 0 Å². The second kappa shape index (κ2) is 7.32. The topological polar surface area (TPSA) is 98.7 Å². The molecular formula is C24H24ClN3O4. The average Bonchev–Trinajstić information content (AvgIpc) is 3.34. The predicted molar refractivity (Wildman–Crippen MR) is 119 cm³/mol. The van der Waals surface area contributed by atoms with E-state index in [-0.39, 0.29) is 29.5 Å². The number of aromatic hydroxyl groups is 1. The molecule has 0 aliphatic carbocycles. The SMILES string of the molecule is CC[C@H](C)N1C(=O)[C@@H]2[C@H](Cc3ccc(O)cc3)N[C@@]3(C(=O)Nc4ccc(Cl)cc43)[C@@H]2C1=O. The number of phenolic OH excluding ortho intramolecular Hbond substituents is 1. The molecule has 32 heavy (non-hydrogen) atoms. The number of anilines is 1. The Morgan fingerprint density at radius 3 is 2.53 bits per heavy atom. The van der Waals surface area contributed by atoms with Gasteiger partial charge >= 0.3 is 0 Å². The number of fused-ring (bicyclic) bond motifs is 4. The van der Waals surface area contributed by atoms with Crippen LogP contribution in [0.15, 0.2) is 42.5 Å². The van der Waals surface area contributed by atoms with Crippen molar-refractivity contribution in [3.8, 4) is 5.75 Å². The Labute approximate surface area is 190 Å². The van der Waals surface area contributed by atoms with Gasteiger partial charge in [-0.2, -0.15) is 0 Å². The van der Waals surface area contributed by atoms with Crippen LogP contribution in [0.2, 0.25) is 5.02 Å². The molecular weight excluding hydrogens is 430 g/mol. The van der Waals surface area contributed by atoms with Crippen LogP contribution in [-0.2, 0) is 26.3 Å². The summed E-state index contributed by atoms with van der Waals surface area (Å²) in [5.74, 6) is -2.29. The molecule has 166 valence electrons. The van der Waals surface area contributed by atoms with Gasteiger partial charge in [-0.05, 0) is 55.7 Å². The fourth-order valence-electron chi connectivity index (χ4n) is 5.47. The van der Waals surface area contributed by atoms with Crippen molar-refractivity contribution in [1.82, 2.24) is 10.2 Å². The van der Waals surface area contributed by atoms with E-state index in [4.69, 9.17) is 11.6 Å². The molecule has 0 radical (unpaired) electrons. The van der Waals surface area contributed by atoms with Crippen LogP contribution in [0.1, 0.15) is 31.4 Å². The molecule has 0 aromatic heterocycles. The number of imide groups is 1. The fourth-order valence-corrected chi connectivity index (χ4v) is 5.65. The third-order valence-corrected chi connectivity index (χ3v) is 7.37. The minimum absolute atomic E-state index is 0.149. The largest absolute Gasteiger partial charge is 0.508 e. The molecule has 3 amide bonds. The normalized spacial score (nSPS) is 29.4. The van der Waals surface area contributed by atoms with Crippen LogP contribution in [-0.4, -0.2) is 39.8 Å². The third kappa shape index (κ3) is 2.81. The Kier molecular flexibility index (Phi) is 4.80. The number of benzene rings is 2. The highest BCUT2D eigenvalue weighted by atomic mass is 35.5. The molecule has 3 N–H and O–H groups in total. The molecule has 7 nitrogen and oxygen atoms in total. The van der Waals surface area contributed by atoms with E-state index < -0.39 is 23.4 Å². The van der Waals surface area contributed by atoms with Crippen LogP contribution < -0.4 is 10.6 Å². The van der Waals surface area contributed by atoms with Crippen molar-refractivity contribution in [2.75, 3.05) is 5.32 Å². The number of nitrogens with zero attached hydrogens (tertiary/aromatic N) is 1. The van der Waals surface area contributed by atoms with E-state index in [9.17, 15) is 19.5 Å². The zero-order chi connectivity index (χ0) is 22.8. The van der Waals surface area contributed by atoms with Crippen LogP contribution in [0.4, 0.5) is 5.69 Å². The summed E-state index contributed by atoms with van der Waals surface area (Å²) < 4.78 is 0. The number of nitrogens with one attached hydrogen (secondary N) is 2. The zero-order valence-electron chi connectivity index (χ0n) is 17.8. The number of amides is 3. The van der Waals surface area contributed by atoms with Crippen molar-refractivity contribution < 1.29 is 19.5 Å². The lowest BCUT2D eigenvalue weighted by Crippen LogP contribution is -2.54. The first-order chi connectivity index (χ1) is 15.3. The summed E-state index contributed by atoms with van der Waals surface area (Å²) in [5.41, 5.74) is 0.730. The van der Waals surface area contributed by atoms with Gasteiger partial charge in [0.25, 0.3) is 0 Å². The maximum Gasteiger partial charge on any atom is 0.250 e. The number of phenols is 1. The molecule has 3 aliphatic heterocycles. The molecule has 0 unspecified atom stereocenters. The highest BCUT2D eigenvalue weighted by Gasteiger charge is 2.70. The summed E-state index contributed by atoms with van der Waals surface area (Å²) in [5, 5.41) is 16.4. The third-order valence-electron chi connectivity index (χ3n) is 7.13. The number of halogens is 1. The van der Waals surface area contributed by atoms with Crippen molar-refractivity contribution in [2.24, 2.45) is 11.8 Å². The first-order valence-corrected chi connectivity index (χ1v) is 11.2. The van der Waals surface area contributed by atoms with Gasteiger partial charge < -0.3 is 10.4 Å². The Balaban J connectivity index is 1.64. The minimum atomic E-state index is -1.36. The van der Waals surface area contributed by atoms with Crippen LogP contribution in [0.5, 0.6) is 5.75 Å². The van der Waals surface area contributed by atoms with Crippen molar-refractivity contribution in [3.05, 3.63) is 58.6 Å². The molecule has 0 bridgehead atoms. The van der Waals surface area contributed by atoms with E-state index in [2.05, 4.69) is 10.6 Å². The number of hydrogen-bond donors (Lipinski definition) is 3. The molecule has 2 fully saturated rings. The van der Waals surface area contributed by atoms with Crippen LogP contribution in [0.3, 0.4) is 0 Å². The first kappa shape index (κ1) is 21.0. The van der Waals surface area contributed by atoms with E-state index in [1.807, 2.05) is 13.8 Å². The number of carbonyl (C=O) groups is 3. The molecule has 1 spiro atoms.